The Morgan fingerprint density at radius 1 is 0.459 bits per heavy atom. The zero-order valence-electron chi connectivity index (χ0n) is 20.0. The maximum atomic E-state index is 6.81. The first-order chi connectivity index (χ1) is 18.2. The van der Waals surface area contributed by atoms with E-state index in [4.69, 9.17) is 15.9 Å². The molecule has 3 nitrogen and oxygen atoms in total. The summed E-state index contributed by atoms with van der Waals surface area (Å²) in [6.45, 7) is 0. The molecule has 0 bridgehead atoms. The van der Waals surface area contributed by atoms with Crippen LogP contribution in [0.1, 0.15) is 0 Å². The number of hydrogen-bond acceptors (Lipinski definition) is 3. The second-order valence-corrected chi connectivity index (χ2v) is 9.80. The van der Waals surface area contributed by atoms with Gasteiger partial charge in [-0.3, -0.25) is 0 Å². The maximum absolute atomic E-state index is 6.81. The molecule has 0 saturated carbocycles. The third kappa shape index (κ3) is 2.82. The summed E-state index contributed by atoms with van der Waals surface area (Å²) < 4.78 is 6.00. The molecule has 7 aromatic carbocycles. The number of para-hydroxylation sites is 1. The van der Waals surface area contributed by atoms with E-state index in [1.807, 2.05) is 24.3 Å². The van der Waals surface area contributed by atoms with Gasteiger partial charge in [-0.25, -0.2) is 0 Å². The topological polar surface area (TPSA) is 65.2 Å². The van der Waals surface area contributed by atoms with Gasteiger partial charge in [0.1, 0.15) is 11.2 Å². The van der Waals surface area contributed by atoms with Crippen LogP contribution in [0.2, 0.25) is 0 Å². The van der Waals surface area contributed by atoms with Crippen LogP contribution < -0.4 is 11.5 Å². The summed E-state index contributed by atoms with van der Waals surface area (Å²) in [6, 6.07) is 38.1. The van der Waals surface area contributed by atoms with Gasteiger partial charge in [0.15, 0.2) is 0 Å². The van der Waals surface area contributed by atoms with Crippen LogP contribution in [0.4, 0.5) is 11.4 Å². The first-order valence-corrected chi connectivity index (χ1v) is 12.4. The van der Waals surface area contributed by atoms with Crippen LogP contribution in [-0.4, -0.2) is 0 Å². The largest absolute Gasteiger partial charge is 0.456 e. The Labute approximate surface area is 212 Å². The highest BCUT2D eigenvalue weighted by atomic mass is 16.3. The molecule has 0 amide bonds. The normalized spacial score (nSPS) is 12.0. The van der Waals surface area contributed by atoms with Gasteiger partial charge < -0.3 is 15.9 Å². The van der Waals surface area contributed by atoms with Crippen molar-refractivity contribution in [2.75, 3.05) is 11.5 Å². The Kier molecular flexibility index (Phi) is 3.96. The summed E-state index contributed by atoms with van der Waals surface area (Å²) >= 11 is 0. The Balaban J connectivity index is 1.26. The maximum Gasteiger partial charge on any atom is 0.135 e. The van der Waals surface area contributed by atoms with Gasteiger partial charge in [-0.2, -0.15) is 0 Å². The van der Waals surface area contributed by atoms with Crippen LogP contribution in [0.15, 0.2) is 114 Å². The van der Waals surface area contributed by atoms with E-state index < -0.39 is 0 Å². The molecule has 4 N–H and O–H groups in total. The van der Waals surface area contributed by atoms with Crippen molar-refractivity contribution in [1.29, 1.82) is 0 Å². The monoisotopic (exact) mass is 474 g/mol. The molecule has 0 saturated heterocycles. The molecule has 0 spiro atoms. The Bertz CT molecular complexity index is 2150. The van der Waals surface area contributed by atoms with Crippen molar-refractivity contribution >= 4 is 65.6 Å². The van der Waals surface area contributed by atoms with E-state index in [1.54, 1.807) is 0 Å². The number of nitrogens with two attached hydrogens (primary N) is 2. The molecule has 0 fully saturated rings. The van der Waals surface area contributed by atoms with E-state index in [-0.39, 0.29) is 0 Å². The van der Waals surface area contributed by atoms with E-state index >= 15 is 0 Å². The predicted molar refractivity (Wildman–Crippen MR) is 157 cm³/mol. The van der Waals surface area contributed by atoms with Gasteiger partial charge >= 0.3 is 0 Å². The number of fused-ring (bicyclic) bond motifs is 3. The van der Waals surface area contributed by atoms with Gasteiger partial charge in [0.25, 0.3) is 0 Å². The molecule has 8 rings (SSSR count). The minimum atomic E-state index is 0.793. The van der Waals surface area contributed by atoms with Crippen LogP contribution in [0, 0.1) is 0 Å². The van der Waals surface area contributed by atoms with Crippen molar-refractivity contribution in [3.05, 3.63) is 109 Å². The third-order valence-corrected chi connectivity index (χ3v) is 7.76. The second-order valence-electron chi connectivity index (χ2n) is 9.80. The van der Waals surface area contributed by atoms with Gasteiger partial charge in [0, 0.05) is 38.5 Å². The minimum Gasteiger partial charge on any atom is -0.456 e. The smallest absolute Gasteiger partial charge is 0.135 e. The molecule has 0 aliphatic rings. The highest BCUT2D eigenvalue weighted by molar-refractivity contribution is 6.28. The Morgan fingerprint density at radius 3 is 2.03 bits per heavy atom. The highest BCUT2D eigenvalue weighted by Gasteiger charge is 2.15. The average Bonchev–Trinajstić information content (AvgIpc) is 3.32. The zero-order valence-corrected chi connectivity index (χ0v) is 20.0. The number of anilines is 2. The summed E-state index contributed by atoms with van der Waals surface area (Å²) in [6.07, 6.45) is 0. The van der Waals surface area contributed by atoms with Crippen LogP contribution in [-0.2, 0) is 0 Å². The predicted octanol–water partition coefficient (Wildman–Crippen LogP) is 8.98. The molecular formula is C34H22N2O. The van der Waals surface area contributed by atoms with Gasteiger partial charge in [0.05, 0.1) is 0 Å². The fourth-order valence-corrected chi connectivity index (χ4v) is 5.91. The van der Waals surface area contributed by atoms with Crippen molar-refractivity contribution in [3.63, 3.8) is 0 Å². The van der Waals surface area contributed by atoms with Crippen molar-refractivity contribution < 1.29 is 4.42 Å². The molecule has 1 aromatic heterocycles. The lowest BCUT2D eigenvalue weighted by molar-refractivity contribution is 0.669. The molecular weight excluding hydrogens is 452 g/mol. The standard InChI is InChI=1S/C34H22N2O/c35-29-15-11-21-9-14-26-33-23(10-13-25(29)32(21)33)18-27(34(26)36)20-7-5-19(6-8-20)22-12-16-31-28(17-22)24-3-1-2-4-30(24)37-31/h1-18H,35-36H2. The van der Waals surface area contributed by atoms with Gasteiger partial charge in [-0.05, 0) is 68.6 Å². The lowest BCUT2D eigenvalue weighted by Crippen LogP contribution is -1.95. The lowest BCUT2D eigenvalue weighted by atomic mass is 9.89. The molecule has 0 aliphatic heterocycles. The molecule has 0 atom stereocenters. The van der Waals surface area contributed by atoms with Crippen molar-refractivity contribution in [3.8, 4) is 22.3 Å². The number of furan rings is 1. The summed E-state index contributed by atoms with van der Waals surface area (Å²) in [7, 11) is 0. The summed E-state index contributed by atoms with van der Waals surface area (Å²) in [4.78, 5) is 0. The van der Waals surface area contributed by atoms with E-state index in [1.165, 1.54) is 21.5 Å². The van der Waals surface area contributed by atoms with Crippen LogP contribution in [0.25, 0.3) is 76.5 Å². The summed E-state index contributed by atoms with van der Waals surface area (Å²) in [5.41, 5.74) is 21.0. The van der Waals surface area contributed by atoms with E-state index in [0.29, 0.717) is 0 Å². The second kappa shape index (κ2) is 7.25. The van der Waals surface area contributed by atoms with E-state index in [0.717, 1.165) is 66.3 Å². The van der Waals surface area contributed by atoms with Gasteiger partial charge in [0.2, 0.25) is 0 Å². The van der Waals surface area contributed by atoms with Crippen molar-refractivity contribution in [1.82, 2.24) is 0 Å². The first-order valence-electron chi connectivity index (χ1n) is 12.4. The number of rotatable bonds is 2. The van der Waals surface area contributed by atoms with Crippen molar-refractivity contribution in [2.24, 2.45) is 0 Å². The van der Waals surface area contributed by atoms with E-state index in [9.17, 15) is 0 Å². The van der Waals surface area contributed by atoms with Gasteiger partial charge in [-0.15, -0.1) is 0 Å². The summed E-state index contributed by atoms with van der Waals surface area (Å²) in [5.74, 6) is 0. The highest BCUT2D eigenvalue weighted by Crippen LogP contribution is 2.43. The molecule has 1 heterocycles. The fraction of sp³-hybridized carbons (Fsp3) is 0. The van der Waals surface area contributed by atoms with Crippen LogP contribution >= 0.6 is 0 Å². The van der Waals surface area contributed by atoms with Crippen LogP contribution in [0.3, 0.4) is 0 Å². The van der Waals surface area contributed by atoms with Crippen molar-refractivity contribution in [2.45, 2.75) is 0 Å². The number of hydrogen-bond donors (Lipinski definition) is 2. The number of benzene rings is 7. The van der Waals surface area contributed by atoms with E-state index in [2.05, 4.69) is 84.9 Å². The summed E-state index contributed by atoms with van der Waals surface area (Å²) in [5, 5.41) is 9.14. The molecule has 0 aliphatic carbocycles. The van der Waals surface area contributed by atoms with Crippen LogP contribution in [0.5, 0.6) is 0 Å². The molecule has 3 heteroatoms. The molecule has 0 radical (unpaired) electrons. The third-order valence-electron chi connectivity index (χ3n) is 7.76. The fourth-order valence-electron chi connectivity index (χ4n) is 5.91. The average molecular weight is 475 g/mol. The quantitative estimate of drug-likeness (QED) is 0.194. The molecule has 8 aromatic rings. The number of nitrogen functional groups attached to an aromatic ring is 2. The zero-order chi connectivity index (χ0) is 24.7. The van der Waals surface area contributed by atoms with Gasteiger partial charge in [-0.1, -0.05) is 78.9 Å². The SMILES string of the molecule is Nc1ccc2ccc3c(N)c(-c4ccc(-c5ccc6oc7ccccc7c6c5)cc4)cc4ccc1c2c43. The molecule has 37 heavy (non-hydrogen) atoms. The Hall–Kier alpha value is -5.02. The first kappa shape index (κ1) is 20.2. The lowest BCUT2D eigenvalue weighted by Gasteiger charge is -2.16. The molecule has 0 unspecified atom stereocenters. The minimum absolute atomic E-state index is 0.793. The molecule has 174 valence electrons. The Morgan fingerprint density at radius 2 is 1.14 bits per heavy atom.